The number of hydrogen-bond acceptors (Lipinski definition) is 4. The van der Waals surface area contributed by atoms with E-state index in [1.54, 1.807) is 28.6 Å². The van der Waals surface area contributed by atoms with Crippen LogP contribution < -0.4 is 10.1 Å². The molecule has 0 aromatic heterocycles. The van der Waals surface area contributed by atoms with Gasteiger partial charge in [-0.1, -0.05) is 6.92 Å². The molecule has 1 fully saturated rings. The average molecular weight is 312 g/mol. The van der Waals surface area contributed by atoms with E-state index in [0.717, 1.165) is 25.9 Å². The first-order valence-corrected chi connectivity index (χ1v) is 8.95. The van der Waals surface area contributed by atoms with E-state index in [2.05, 4.69) is 5.32 Å². The standard InChI is InChI=1S/C15H24N2O3S/c1-3-16-10-12-20-14-6-8-15(9-7-14)21(18,19)17-11-4-5-13(17)2/h6-9,13,16H,3-5,10-12H2,1-2H3. The van der Waals surface area contributed by atoms with Crippen LogP contribution in [-0.2, 0) is 10.0 Å². The topological polar surface area (TPSA) is 58.6 Å². The molecule has 0 radical (unpaired) electrons. The molecule has 5 nitrogen and oxygen atoms in total. The van der Waals surface area contributed by atoms with Gasteiger partial charge in [-0.05, 0) is 50.6 Å². The molecule has 0 spiro atoms. The Labute approximate surface area is 127 Å². The zero-order valence-electron chi connectivity index (χ0n) is 12.7. The summed E-state index contributed by atoms with van der Waals surface area (Å²) in [5.74, 6) is 0.696. The van der Waals surface area contributed by atoms with Crippen molar-refractivity contribution in [1.82, 2.24) is 9.62 Å². The summed E-state index contributed by atoms with van der Waals surface area (Å²) < 4.78 is 32.2. The molecule has 2 rings (SSSR count). The zero-order chi connectivity index (χ0) is 15.3. The molecular weight excluding hydrogens is 288 g/mol. The van der Waals surface area contributed by atoms with Crippen molar-refractivity contribution in [2.75, 3.05) is 26.2 Å². The van der Waals surface area contributed by atoms with Crippen molar-refractivity contribution in [1.29, 1.82) is 0 Å². The highest BCUT2D eigenvalue weighted by Crippen LogP contribution is 2.26. The van der Waals surface area contributed by atoms with Crippen LogP contribution in [0.3, 0.4) is 0 Å². The maximum Gasteiger partial charge on any atom is 0.243 e. The van der Waals surface area contributed by atoms with Crippen LogP contribution >= 0.6 is 0 Å². The Morgan fingerprint density at radius 2 is 2.05 bits per heavy atom. The van der Waals surface area contributed by atoms with Crippen molar-refractivity contribution in [3.8, 4) is 5.75 Å². The number of benzene rings is 1. The van der Waals surface area contributed by atoms with Gasteiger partial charge in [0.25, 0.3) is 0 Å². The van der Waals surface area contributed by atoms with Gasteiger partial charge in [0.1, 0.15) is 12.4 Å². The van der Waals surface area contributed by atoms with Crippen molar-refractivity contribution in [3.63, 3.8) is 0 Å². The number of ether oxygens (including phenoxy) is 1. The smallest absolute Gasteiger partial charge is 0.243 e. The minimum Gasteiger partial charge on any atom is -0.492 e. The van der Waals surface area contributed by atoms with Gasteiger partial charge in [-0.3, -0.25) is 0 Å². The van der Waals surface area contributed by atoms with Gasteiger partial charge < -0.3 is 10.1 Å². The number of sulfonamides is 1. The molecule has 21 heavy (non-hydrogen) atoms. The summed E-state index contributed by atoms with van der Waals surface area (Å²) in [4.78, 5) is 0.343. The lowest BCUT2D eigenvalue weighted by Crippen LogP contribution is -2.33. The summed E-state index contributed by atoms with van der Waals surface area (Å²) in [7, 11) is -3.37. The summed E-state index contributed by atoms with van der Waals surface area (Å²) in [5, 5.41) is 3.17. The Morgan fingerprint density at radius 3 is 2.62 bits per heavy atom. The van der Waals surface area contributed by atoms with Gasteiger partial charge in [0, 0.05) is 19.1 Å². The Bertz CT molecular complexity index is 543. The van der Waals surface area contributed by atoms with Gasteiger partial charge in [0.05, 0.1) is 4.90 Å². The molecule has 118 valence electrons. The fraction of sp³-hybridized carbons (Fsp3) is 0.600. The third kappa shape index (κ3) is 3.96. The van der Waals surface area contributed by atoms with Crippen LogP contribution in [0, 0.1) is 0 Å². The van der Waals surface area contributed by atoms with Gasteiger partial charge in [-0.2, -0.15) is 4.31 Å². The molecule has 1 aliphatic heterocycles. The normalized spacial score (nSPS) is 19.8. The summed E-state index contributed by atoms with van der Waals surface area (Å²) in [6.45, 7) is 6.88. The van der Waals surface area contributed by atoms with Crippen LogP contribution in [0.2, 0.25) is 0 Å². The third-order valence-corrected chi connectivity index (χ3v) is 5.75. The Balaban J connectivity index is 2.01. The Morgan fingerprint density at radius 1 is 1.33 bits per heavy atom. The molecule has 0 amide bonds. The highest BCUT2D eigenvalue weighted by atomic mass is 32.2. The summed E-state index contributed by atoms with van der Waals surface area (Å²) >= 11 is 0. The van der Waals surface area contributed by atoms with Crippen molar-refractivity contribution in [2.45, 2.75) is 37.6 Å². The van der Waals surface area contributed by atoms with Gasteiger partial charge in [0.2, 0.25) is 10.0 Å². The fourth-order valence-electron chi connectivity index (χ4n) is 2.53. The van der Waals surface area contributed by atoms with Gasteiger partial charge in [0.15, 0.2) is 0 Å². The molecule has 1 heterocycles. The van der Waals surface area contributed by atoms with Crippen molar-refractivity contribution < 1.29 is 13.2 Å². The number of nitrogens with zero attached hydrogens (tertiary/aromatic N) is 1. The van der Waals surface area contributed by atoms with Crippen molar-refractivity contribution in [2.24, 2.45) is 0 Å². The molecule has 0 bridgehead atoms. The quantitative estimate of drug-likeness (QED) is 0.781. The lowest BCUT2D eigenvalue weighted by Gasteiger charge is -2.21. The van der Waals surface area contributed by atoms with Crippen molar-refractivity contribution >= 4 is 10.0 Å². The second-order valence-electron chi connectivity index (χ2n) is 5.28. The van der Waals surface area contributed by atoms with E-state index < -0.39 is 10.0 Å². The summed E-state index contributed by atoms with van der Waals surface area (Å²) in [5.41, 5.74) is 0. The molecule has 1 aromatic rings. The second kappa shape index (κ2) is 7.24. The maximum absolute atomic E-state index is 12.5. The van der Waals surface area contributed by atoms with Gasteiger partial charge in [-0.15, -0.1) is 0 Å². The molecule has 1 N–H and O–H groups in total. The molecule has 1 unspecified atom stereocenters. The second-order valence-corrected chi connectivity index (χ2v) is 7.17. The predicted molar refractivity (Wildman–Crippen MR) is 83.1 cm³/mol. The minimum atomic E-state index is -3.37. The van der Waals surface area contributed by atoms with Gasteiger partial charge >= 0.3 is 0 Å². The zero-order valence-corrected chi connectivity index (χ0v) is 13.5. The molecule has 1 atom stereocenters. The number of rotatable bonds is 7. The monoisotopic (exact) mass is 312 g/mol. The van der Waals surface area contributed by atoms with Crippen molar-refractivity contribution in [3.05, 3.63) is 24.3 Å². The molecule has 0 saturated carbocycles. The van der Waals surface area contributed by atoms with Gasteiger partial charge in [-0.25, -0.2) is 8.42 Å². The Hall–Kier alpha value is -1.11. The van der Waals surface area contributed by atoms with E-state index in [9.17, 15) is 8.42 Å². The number of hydrogen-bond donors (Lipinski definition) is 1. The van der Waals surface area contributed by atoms with E-state index in [0.29, 0.717) is 23.8 Å². The minimum absolute atomic E-state index is 0.0889. The van der Waals surface area contributed by atoms with Crippen LogP contribution in [0.5, 0.6) is 5.75 Å². The maximum atomic E-state index is 12.5. The number of likely N-dealkylation sites (N-methyl/N-ethyl adjacent to an activating group) is 1. The first-order valence-electron chi connectivity index (χ1n) is 7.51. The summed E-state index contributed by atoms with van der Waals surface area (Å²) in [6, 6.07) is 6.79. The van der Waals surface area contributed by atoms with Crippen LogP contribution in [0.25, 0.3) is 0 Å². The van der Waals surface area contributed by atoms with E-state index in [-0.39, 0.29) is 6.04 Å². The molecule has 1 aliphatic rings. The fourth-order valence-corrected chi connectivity index (χ4v) is 4.22. The van der Waals surface area contributed by atoms with E-state index in [1.807, 2.05) is 13.8 Å². The highest BCUT2D eigenvalue weighted by Gasteiger charge is 2.32. The number of nitrogens with one attached hydrogen (secondary N) is 1. The van der Waals surface area contributed by atoms with E-state index in [4.69, 9.17) is 4.74 Å². The molecule has 1 aromatic carbocycles. The lowest BCUT2D eigenvalue weighted by molar-refractivity contribution is 0.315. The largest absolute Gasteiger partial charge is 0.492 e. The highest BCUT2D eigenvalue weighted by molar-refractivity contribution is 7.89. The lowest BCUT2D eigenvalue weighted by atomic mass is 10.3. The molecular formula is C15H24N2O3S. The van der Waals surface area contributed by atoms with E-state index in [1.165, 1.54) is 0 Å². The molecule has 1 saturated heterocycles. The van der Waals surface area contributed by atoms with Crippen LogP contribution in [0.1, 0.15) is 26.7 Å². The van der Waals surface area contributed by atoms with Crippen LogP contribution in [0.15, 0.2) is 29.2 Å². The first-order chi connectivity index (χ1) is 10.1. The van der Waals surface area contributed by atoms with Crippen LogP contribution in [0.4, 0.5) is 0 Å². The molecule has 6 heteroatoms. The van der Waals surface area contributed by atoms with Crippen LogP contribution in [-0.4, -0.2) is 45.0 Å². The van der Waals surface area contributed by atoms with E-state index >= 15 is 0 Å². The predicted octanol–water partition coefficient (Wildman–Crippen LogP) is 1.85. The SMILES string of the molecule is CCNCCOc1ccc(S(=O)(=O)N2CCCC2C)cc1. The molecule has 0 aliphatic carbocycles. The first kappa shape index (κ1) is 16.3. The summed E-state index contributed by atoms with van der Waals surface area (Å²) in [6.07, 6.45) is 1.87. The Kier molecular flexibility index (Phi) is 5.61. The third-order valence-electron chi connectivity index (χ3n) is 3.72. The average Bonchev–Trinajstić information content (AvgIpc) is 2.91.